The zero-order valence-corrected chi connectivity index (χ0v) is 16.9. The SMILES string of the molecule is c1ccc2c(c1)oc1c(-c3cccc4c3oc3c(-c5ccncc5)cccc34)ccnc12. The third kappa shape index (κ3) is 2.38. The average molecular weight is 412 g/mol. The Labute approximate surface area is 182 Å². The van der Waals surface area contributed by atoms with Crippen LogP contribution >= 0.6 is 0 Å². The maximum atomic E-state index is 6.56. The Morgan fingerprint density at radius 1 is 0.500 bits per heavy atom. The van der Waals surface area contributed by atoms with Gasteiger partial charge < -0.3 is 8.83 Å². The number of benzene rings is 3. The van der Waals surface area contributed by atoms with Crippen LogP contribution < -0.4 is 0 Å². The van der Waals surface area contributed by atoms with E-state index in [1.54, 1.807) is 12.4 Å². The van der Waals surface area contributed by atoms with Gasteiger partial charge in [0.25, 0.3) is 0 Å². The topological polar surface area (TPSA) is 52.1 Å². The van der Waals surface area contributed by atoms with Crippen molar-refractivity contribution in [2.45, 2.75) is 0 Å². The van der Waals surface area contributed by atoms with Crippen molar-refractivity contribution < 1.29 is 8.83 Å². The number of rotatable bonds is 2. The van der Waals surface area contributed by atoms with Crippen molar-refractivity contribution in [1.29, 1.82) is 0 Å². The normalized spacial score (nSPS) is 11.8. The molecule has 7 rings (SSSR count). The highest BCUT2D eigenvalue weighted by Gasteiger charge is 2.19. The van der Waals surface area contributed by atoms with Gasteiger partial charge in [-0.25, -0.2) is 0 Å². The maximum Gasteiger partial charge on any atom is 0.161 e. The van der Waals surface area contributed by atoms with Crippen molar-refractivity contribution in [2.75, 3.05) is 0 Å². The van der Waals surface area contributed by atoms with E-state index < -0.39 is 0 Å². The second-order valence-corrected chi connectivity index (χ2v) is 7.84. The van der Waals surface area contributed by atoms with Crippen LogP contribution in [0.1, 0.15) is 0 Å². The summed E-state index contributed by atoms with van der Waals surface area (Å²) in [4.78, 5) is 8.75. The summed E-state index contributed by atoms with van der Waals surface area (Å²) in [5.41, 5.74) is 8.28. The van der Waals surface area contributed by atoms with Crippen LogP contribution in [-0.2, 0) is 0 Å². The second kappa shape index (κ2) is 6.53. The highest BCUT2D eigenvalue weighted by Crippen LogP contribution is 2.42. The fourth-order valence-corrected chi connectivity index (χ4v) is 4.61. The van der Waals surface area contributed by atoms with Crippen molar-refractivity contribution in [2.24, 2.45) is 0 Å². The summed E-state index contributed by atoms with van der Waals surface area (Å²) < 4.78 is 12.8. The summed E-state index contributed by atoms with van der Waals surface area (Å²) in [6, 6.07) is 26.5. The molecule has 4 heteroatoms. The van der Waals surface area contributed by atoms with Gasteiger partial charge in [-0.05, 0) is 35.9 Å². The summed E-state index contributed by atoms with van der Waals surface area (Å²) in [7, 11) is 0. The first-order chi connectivity index (χ1) is 15.9. The summed E-state index contributed by atoms with van der Waals surface area (Å²) >= 11 is 0. The summed E-state index contributed by atoms with van der Waals surface area (Å²) in [6.07, 6.45) is 5.44. The second-order valence-electron chi connectivity index (χ2n) is 7.84. The molecule has 0 spiro atoms. The molecule has 3 aromatic carbocycles. The monoisotopic (exact) mass is 412 g/mol. The molecular formula is C28H16N2O2. The molecule has 0 aliphatic carbocycles. The van der Waals surface area contributed by atoms with E-state index in [0.29, 0.717) is 0 Å². The molecule has 150 valence electrons. The van der Waals surface area contributed by atoms with Crippen molar-refractivity contribution in [3.05, 3.63) is 97.5 Å². The number of para-hydroxylation sites is 3. The molecule has 32 heavy (non-hydrogen) atoms. The van der Waals surface area contributed by atoms with Gasteiger partial charge >= 0.3 is 0 Å². The summed E-state index contributed by atoms with van der Waals surface area (Å²) in [6.45, 7) is 0. The highest BCUT2D eigenvalue weighted by atomic mass is 16.3. The zero-order valence-electron chi connectivity index (χ0n) is 16.9. The number of nitrogens with zero attached hydrogens (tertiary/aromatic N) is 2. The van der Waals surface area contributed by atoms with Crippen molar-refractivity contribution in [3.63, 3.8) is 0 Å². The van der Waals surface area contributed by atoms with Crippen LogP contribution in [0.4, 0.5) is 0 Å². The van der Waals surface area contributed by atoms with Crippen LogP contribution in [0, 0.1) is 0 Å². The van der Waals surface area contributed by atoms with Gasteiger partial charge in [-0.3, -0.25) is 9.97 Å². The zero-order chi connectivity index (χ0) is 21.1. The lowest BCUT2D eigenvalue weighted by atomic mass is 10.0. The number of furan rings is 2. The maximum absolute atomic E-state index is 6.56. The quantitative estimate of drug-likeness (QED) is 0.293. The first-order valence-electron chi connectivity index (χ1n) is 10.5. The number of hydrogen-bond donors (Lipinski definition) is 0. The van der Waals surface area contributed by atoms with E-state index in [-0.39, 0.29) is 0 Å². The van der Waals surface area contributed by atoms with Gasteiger partial charge in [-0.1, -0.05) is 48.5 Å². The molecule has 4 aromatic heterocycles. The van der Waals surface area contributed by atoms with E-state index in [2.05, 4.69) is 46.4 Å². The Balaban J connectivity index is 1.56. The van der Waals surface area contributed by atoms with Crippen LogP contribution in [0.5, 0.6) is 0 Å². The molecule has 0 fully saturated rings. The minimum atomic E-state index is 0.774. The molecule has 0 bridgehead atoms. The first-order valence-corrected chi connectivity index (χ1v) is 10.5. The van der Waals surface area contributed by atoms with Crippen molar-refractivity contribution in [1.82, 2.24) is 9.97 Å². The fraction of sp³-hybridized carbons (Fsp3) is 0. The lowest BCUT2D eigenvalue weighted by Crippen LogP contribution is -1.82. The Hall–Kier alpha value is -4.44. The molecule has 0 aliphatic heterocycles. The molecule has 0 saturated carbocycles. The van der Waals surface area contributed by atoms with Gasteiger partial charge in [0.1, 0.15) is 22.3 Å². The standard InChI is InChI=1S/C28H16N2O2/c1-2-10-24-23(5-1)25-28(31-24)22(13-16-30-25)21-9-4-8-20-19-7-3-6-18(26(19)32-27(20)21)17-11-14-29-15-12-17/h1-16H. The number of aromatic nitrogens is 2. The largest absolute Gasteiger partial charge is 0.455 e. The van der Waals surface area contributed by atoms with Gasteiger partial charge in [-0.2, -0.15) is 0 Å². The Morgan fingerprint density at radius 2 is 1.19 bits per heavy atom. The third-order valence-corrected chi connectivity index (χ3v) is 6.06. The lowest BCUT2D eigenvalue weighted by Gasteiger charge is -2.03. The Kier molecular flexibility index (Phi) is 3.52. The lowest BCUT2D eigenvalue weighted by molar-refractivity contribution is 0.665. The van der Waals surface area contributed by atoms with Crippen molar-refractivity contribution in [3.8, 4) is 22.3 Å². The molecule has 0 unspecified atom stereocenters. The van der Waals surface area contributed by atoms with Crippen LogP contribution in [-0.4, -0.2) is 9.97 Å². The molecule has 0 radical (unpaired) electrons. The smallest absolute Gasteiger partial charge is 0.161 e. The minimum Gasteiger partial charge on any atom is -0.455 e. The van der Waals surface area contributed by atoms with Gasteiger partial charge in [0.2, 0.25) is 0 Å². The third-order valence-electron chi connectivity index (χ3n) is 6.06. The van der Waals surface area contributed by atoms with Crippen molar-refractivity contribution >= 4 is 44.0 Å². The Bertz CT molecular complexity index is 1780. The molecule has 4 heterocycles. The average Bonchev–Trinajstić information content (AvgIpc) is 3.43. The molecule has 7 aromatic rings. The molecule has 0 atom stereocenters. The number of pyridine rings is 2. The van der Waals surface area contributed by atoms with E-state index in [1.807, 2.05) is 48.7 Å². The van der Waals surface area contributed by atoms with E-state index in [0.717, 1.165) is 66.3 Å². The van der Waals surface area contributed by atoms with E-state index in [1.165, 1.54) is 0 Å². The number of hydrogen-bond acceptors (Lipinski definition) is 4. The van der Waals surface area contributed by atoms with Gasteiger partial charge in [-0.15, -0.1) is 0 Å². The molecule has 0 aliphatic rings. The molecule has 0 saturated heterocycles. The van der Waals surface area contributed by atoms with Crippen LogP contribution in [0.2, 0.25) is 0 Å². The molecule has 4 nitrogen and oxygen atoms in total. The summed E-state index contributed by atoms with van der Waals surface area (Å²) in [5, 5.41) is 3.18. The predicted octanol–water partition coefficient (Wildman–Crippen LogP) is 7.61. The van der Waals surface area contributed by atoms with E-state index in [9.17, 15) is 0 Å². The molecule has 0 amide bonds. The minimum absolute atomic E-state index is 0.774. The van der Waals surface area contributed by atoms with E-state index in [4.69, 9.17) is 8.83 Å². The Morgan fingerprint density at radius 3 is 2.03 bits per heavy atom. The van der Waals surface area contributed by atoms with Gasteiger partial charge in [0.05, 0.1) is 0 Å². The van der Waals surface area contributed by atoms with Gasteiger partial charge in [0.15, 0.2) is 5.58 Å². The van der Waals surface area contributed by atoms with Crippen LogP contribution in [0.3, 0.4) is 0 Å². The van der Waals surface area contributed by atoms with Crippen LogP contribution in [0.25, 0.3) is 66.3 Å². The van der Waals surface area contributed by atoms with Gasteiger partial charge in [0, 0.05) is 51.4 Å². The number of fused-ring (bicyclic) bond motifs is 6. The van der Waals surface area contributed by atoms with Crippen LogP contribution in [0.15, 0.2) is 106 Å². The molecule has 0 N–H and O–H groups in total. The predicted molar refractivity (Wildman–Crippen MR) is 127 cm³/mol. The van der Waals surface area contributed by atoms with E-state index >= 15 is 0 Å². The molecular weight excluding hydrogens is 396 g/mol. The highest BCUT2D eigenvalue weighted by molar-refractivity contribution is 6.15. The fourth-order valence-electron chi connectivity index (χ4n) is 4.61. The first kappa shape index (κ1) is 17.3. The summed E-state index contributed by atoms with van der Waals surface area (Å²) in [5.74, 6) is 0.